The largest absolute Gasteiger partial charge is 0.357 e. The molecule has 1 fully saturated rings. The summed E-state index contributed by atoms with van der Waals surface area (Å²) in [5.41, 5.74) is 2.66. The maximum absolute atomic E-state index is 5.32. The van der Waals surface area contributed by atoms with Gasteiger partial charge in [-0.05, 0) is 44.4 Å². The predicted octanol–water partition coefficient (Wildman–Crippen LogP) is 2.75. The highest BCUT2D eigenvalue weighted by Crippen LogP contribution is 2.21. The minimum atomic E-state index is 0.485. The number of piperidine rings is 1. The topological polar surface area (TPSA) is 39.7 Å². The molecule has 1 heterocycles. The molecule has 1 saturated heterocycles. The van der Waals surface area contributed by atoms with Gasteiger partial charge < -0.3 is 10.6 Å². The lowest BCUT2D eigenvalue weighted by Gasteiger charge is -2.33. The van der Waals surface area contributed by atoms with E-state index in [0.717, 1.165) is 19.0 Å². The van der Waals surface area contributed by atoms with E-state index in [1.807, 2.05) is 0 Å². The Kier molecular flexibility index (Phi) is 7.64. The zero-order valence-corrected chi connectivity index (χ0v) is 15.0. The fourth-order valence-electron chi connectivity index (χ4n) is 3.12. The fraction of sp³-hybridized carbons (Fsp3) is 0.550. The van der Waals surface area contributed by atoms with Crippen molar-refractivity contribution >= 4 is 5.96 Å². The normalized spacial score (nSPS) is 18.9. The summed E-state index contributed by atoms with van der Waals surface area (Å²) in [6, 6.07) is 9.30. The molecule has 1 aromatic carbocycles. The van der Waals surface area contributed by atoms with Gasteiger partial charge in [0.05, 0.1) is 13.1 Å². The van der Waals surface area contributed by atoms with E-state index in [0.29, 0.717) is 19.1 Å². The number of guanidine groups is 1. The van der Waals surface area contributed by atoms with E-state index in [2.05, 4.69) is 64.6 Å². The molecular weight excluding hydrogens is 296 g/mol. The van der Waals surface area contributed by atoms with Crippen molar-refractivity contribution in [2.45, 2.75) is 52.2 Å². The Labute approximate surface area is 146 Å². The molecule has 0 aromatic heterocycles. The molecule has 2 rings (SSSR count). The molecule has 1 aromatic rings. The van der Waals surface area contributed by atoms with Gasteiger partial charge in [-0.1, -0.05) is 36.6 Å². The molecule has 0 radical (unpaired) electrons. The molecule has 0 amide bonds. The van der Waals surface area contributed by atoms with Crippen molar-refractivity contribution in [1.82, 2.24) is 15.5 Å². The average molecular weight is 326 g/mol. The third kappa shape index (κ3) is 5.58. The molecule has 24 heavy (non-hydrogen) atoms. The molecule has 4 heteroatoms. The third-order valence-electron chi connectivity index (χ3n) is 4.54. The number of hydrogen-bond acceptors (Lipinski definition) is 2. The monoisotopic (exact) mass is 326 g/mol. The second-order valence-corrected chi connectivity index (χ2v) is 6.34. The number of aliphatic imine (C=N–C) groups is 1. The predicted molar refractivity (Wildman–Crippen MR) is 102 cm³/mol. The first-order valence-corrected chi connectivity index (χ1v) is 9.01. The Morgan fingerprint density at radius 2 is 2.08 bits per heavy atom. The van der Waals surface area contributed by atoms with Crippen molar-refractivity contribution in [3.63, 3.8) is 0 Å². The van der Waals surface area contributed by atoms with Crippen molar-refractivity contribution in [3.8, 4) is 12.3 Å². The summed E-state index contributed by atoms with van der Waals surface area (Å²) in [7, 11) is 0. The first kappa shape index (κ1) is 18.4. The summed E-state index contributed by atoms with van der Waals surface area (Å²) < 4.78 is 0. The molecule has 0 bridgehead atoms. The fourth-order valence-corrected chi connectivity index (χ4v) is 3.12. The number of benzene rings is 1. The Balaban J connectivity index is 2.05. The zero-order valence-electron chi connectivity index (χ0n) is 15.0. The number of terminal acetylenes is 1. The zero-order chi connectivity index (χ0) is 17.2. The summed E-state index contributed by atoms with van der Waals surface area (Å²) in [6.45, 7) is 8.58. The van der Waals surface area contributed by atoms with Crippen LogP contribution in [-0.4, -0.2) is 36.5 Å². The average Bonchev–Trinajstić information content (AvgIpc) is 2.60. The standard InChI is InChI=1S/C20H30N4/c1-4-13-22-20(21-5-2)23-15-18-11-6-7-12-19(18)16-24-14-9-8-10-17(24)3/h1,6-7,11-12,17H,5,8-10,13-16H2,2-3H3,(H2,21,22,23). The number of likely N-dealkylation sites (tertiary alicyclic amines) is 1. The molecule has 1 aliphatic heterocycles. The molecule has 1 atom stereocenters. The minimum Gasteiger partial charge on any atom is -0.357 e. The minimum absolute atomic E-state index is 0.485. The van der Waals surface area contributed by atoms with Gasteiger partial charge in [0.15, 0.2) is 5.96 Å². The van der Waals surface area contributed by atoms with Crippen LogP contribution in [0.5, 0.6) is 0 Å². The molecule has 130 valence electrons. The highest BCUT2D eigenvalue weighted by molar-refractivity contribution is 5.80. The van der Waals surface area contributed by atoms with Crippen molar-refractivity contribution in [3.05, 3.63) is 35.4 Å². The van der Waals surface area contributed by atoms with E-state index < -0.39 is 0 Å². The van der Waals surface area contributed by atoms with Crippen LogP contribution in [0.1, 0.15) is 44.2 Å². The lowest BCUT2D eigenvalue weighted by Crippen LogP contribution is -2.37. The second kappa shape index (κ2) is 10.00. The highest BCUT2D eigenvalue weighted by Gasteiger charge is 2.18. The maximum Gasteiger partial charge on any atom is 0.192 e. The molecule has 1 aliphatic rings. The lowest BCUT2D eigenvalue weighted by molar-refractivity contribution is 0.152. The van der Waals surface area contributed by atoms with Gasteiger partial charge in [0.25, 0.3) is 0 Å². The van der Waals surface area contributed by atoms with E-state index in [1.54, 1.807) is 0 Å². The summed E-state index contributed by atoms with van der Waals surface area (Å²) in [4.78, 5) is 7.27. The van der Waals surface area contributed by atoms with Crippen molar-refractivity contribution < 1.29 is 0 Å². The van der Waals surface area contributed by atoms with Gasteiger partial charge in [0, 0.05) is 19.1 Å². The quantitative estimate of drug-likeness (QED) is 0.480. The summed E-state index contributed by atoms with van der Waals surface area (Å²) in [6.07, 6.45) is 9.30. The van der Waals surface area contributed by atoms with Crippen LogP contribution < -0.4 is 10.6 Å². The van der Waals surface area contributed by atoms with E-state index >= 15 is 0 Å². The van der Waals surface area contributed by atoms with Gasteiger partial charge in [0.1, 0.15) is 0 Å². The first-order valence-electron chi connectivity index (χ1n) is 9.01. The van der Waals surface area contributed by atoms with Crippen molar-refractivity contribution in [2.75, 3.05) is 19.6 Å². The van der Waals surface area contributed by atoms with Gasteiger partial charge in [-0.3, -0.25) is 4.90 Å². The molecule has 1 unspecified atom stereocenters. The molecule has 2 N–H and O–H groups in total. The van der Waals surface area contributed by atoms with Gasteiger partial charge in [-0.25, -0.2) is 4.99 Å². The van der Waals surface area contributed by atoms with E-state index in [9.17, 15) is 0 Å². The SMILES string of the molecule is C#CCNC(=NCc1ccccc1CN1CCCCC1C)NCC. The first-order chi connectivity index (χ1) is 11.7. The van der Waals surface area contributed by atoms with Gasteiger partial charge in [-0.2, -0.15) is 0 Å². The number of rotatable bonds is 6. The van der Waals surface area contributed by atoms with Crippen molar-refractivity contribution in [1.29, 1.82) is 0 Å². The molecule has 0 saturated carbocycles. The van der Waals surface area contributed by atoms with Crippen LogP contribution in [-0.2, 0) is 13.1 Å². The van der Waals surface area contributed by atoms with Crippen LogP contribution in [0.2, 0.25) is 0 Å². The van der Waals surface area contributed by atoms with Crippen molar-refractivity contribution in [2.24, 2.45) is 4.99 Å². The maximum atomic E-state index is 5.32. The van der Waals surface area contributed by atoms with Crippen LogP contribution >= 0.6 is 0 Å². The lowest BCUT2D eigenvalue weighted by atomic mass is 10.0. The van der Waals surface area contributed by atoms with Gasteiger partial charge >= 0.3 is 0 Å². The molecule has 0 aliphatic carbocycles. The summed E-state index contributed by atoms with van der Waals surface area (Å²) in [5.74, 6) is 3.36. The Hall–Kier alpha value is -1.99. The second-order valence-electron chi connectivity index (χ2n) is 6.34. The number of nitrogens with zero attached hydrogens (tertiary/aromatic N) is 2. The van der Waals surface area contributed by atoms with Gasteiger partial charge in [-0.15, -0.1) is 6.42 Å². The molecule has 0 spiro atoms. The van der Waals surface area contributed by atoms with E-state index in [4.69, 9.17) is 6.42 Å². The Morgan fingerprint density at radius 3 is 2.79 bits per heavy atom. The molecular formula is C20H30N4. The highest BCUT2D eigenvalue weighted by atomic mass is 15.2. The summed E-state index contributed by atoms with van der Waals surface area (Å²) in [5, 5.41) is 6.37. The van der Waals surface area contributed by atoms with Crippen LogP contribution in [0.15, 0.2) is 29.3 Å². The Bertz CT molecular complexity index is 573. The van der Waals surface area contributed by atoms with Crippen LogP contribution in [0.25, 0.3) is 0 Å². The smallest absolute Gasteiger partial charge is 0.192 e. The van der Waals surface area contributed by atoms with Gasteiger partial charge in [0.2, 0.25) is 0 Å². The van der Waals surface area contributed by atoms with E-state index in [-0.39, 0.29) is 0 Å². The number of nitrogens with one attached hydrogen (secondary N) is 2. The molecule has 4 nitrogen and oxygen atoms in total. The third-order valence-corrected chi connectivity index (χ3v) is 4.54. The Morgan fingerprint density at radius 1 is 1.29 bits per heavy atom. The van der Waals surface area contributed by atoms with Crippen LogP contribution in [0.4, 0.5) is 0 Å². The summed E-state index contributed by atoms with van der Waals surface area (Å²) >= 11 is 0. The van der Waals surface area contributed by atoms with Crippen LogP contribution in [0.3, 0.4) is 0 Å². The number of hydrogen-bond donors (Lipinski definition) is 2. The van der Waals surface area contributed by atoms with Crippen LogP contribution in [0, 0.1) is 12.3 Å². The van der Waals surface area contributed by atoms with E-state index in [1.165, 1.54) is 36.9 Å².